The van der Waals surface area contributed by atoms with E-state index in [0.717, 1.165) is 21.4 Å². The van der Waals surface area contributed by atoms with Gasteiger partial charge in [-0.15, -0.1) is 0 Å². The molecule has 20 heavy (non-hydrogen) atoms. The van der Waals surface area contributed by atoms with Crippen LogP contribution in [0.2, 0.25) is 0 Å². The first kappa shape index (κ1) is 14.8. The van der Waals surface area contributed by atoms with Crippen molar-refractivity contribution >= 4 is 34.2 Å². The van der Waals surface area contributed by atoms with Crippen molar-refractivity contribution in [1.82, 2.24) is 0 Å². The van der Waals surface area contributed by atoms with Crippen molar-refractivity contribution in [2.75, 3.05) is 11.9 Å². The highest BCUT2D eigenvalue weighted by molar-refractivity contribution is 14.1. The highest BCUT2D eigenvalue weighted by Gasteiger charge is 2.06. The average molecular weight is 381 g/mol. The summed E-state index contributed by atoms with van der Waals surface area (Å²) >= 11 is 2.19. The maximum Gasteiger partial charge on any atom is 0.255 e. The molecule has 4 heteroatoms. The summed E-state index contributed by atoms with van der Waals surface area (Å²) in [5.41, 5.74) is 1.42. The highest BCUT2D eigenvalue weighted by atomic mass is 127. The molecule has 0 saturated heterocycles. The summed E-state index contributed by atoms with van der Waals surface area (Å²) in [6.07, 6.45) is 0.977. The van der Waals surface area contributed by atoms with Gasteiger partial charge in [-0.2, -0.15) is 0 Å². The minimum atomic E-state index is -0.106. The van der Waals surface area contributed by atoms with E-state index in [1.165, 1.54) is 0 Å². The molecular formula is C16H16INO2. The molecule has 0 saturated carbocycles. The molecule has 0 atom stereocenters. The third-order valence-electron chi connectivity index (χ3n) is 2.67. The first-order chi connectivity index (χ1) is 9.69. The maximum absolute atomic E-state index is 12.1. The molecule has 1 N–H and O–H groups in total. The summed E-state index contributed by atoms with van der Waals surface area (Å²) in [6, 6.07) is 14.9. The molecule has 0 unspecified atom stereocenters. The Labute approximate surface area is 132 Å². The molecule has 0 radical (unpaired) electrons. The number of carbonyl (C=O) groups is 1. The number of benzene rings is 2. The Kier molecular flexibility index (Phi) is 5.40. The average Bonchev–Trinajstić information content (AvgIpc) is 2.46. The van der Waals surface area contributed by atoms with E-state index < -0.39 is 0 Å². The zero-order chi connectivity index (χ0) is 14.4. The van der Waals surface area contributed by atoms with Gasteiger partial charge in [0.2, 0.25) is 0 Å². The van der Waals surface area contributed by atoms with Gasteiger partial charge < -0.3 is 10.1 Å². The van der Waals surface area contributed by atoms with Crippen molar-refractivity contribution in [2.24, 2.45) is 0 Å². The Balaban J connectivity index is 2.01. The van der Waals surface area contributed by atoms with Gasteiger partial charge in [-0.1, -0.05) is 13.0 Å². The van der Waals surface area contributed by atoms with Gasteiger partial charge in [0, 0.05) is 14.8 Å². The number of anilines is 1. The van der Waals surface area contributed by atoms with E-state index in [9.17, 15) is 4.79 Å². The number of hydrogen-bond donors (Lipinski definition) is 1. The molecule has 0 heterocycles. The highest BCUT2D eigenvalue weighted by Crippen LogP contribution is 2.17. The van der Waals surface area contributed by atoms with E-state index in [1.54, 1.807) is 6.07 Å². The van der Waals surface area contributed by atoms with Crippen LogP contribution < -0.4 is 10.1 Å². The molecule has 3 nitrogen and oxygen atoms in total. The minimum Gasteiger partial charge on any atom is -0.494 e. The topological polar surface area (TPSA) is 38.3 Å². The van der Waals surface area contributed by atoms with Crippen LogP contribution in [-0.2, 0) is 0 Å². The molecule has 2 aromatic carbocycles. The van der Waals surface area contributed by atoms with E-state index in [4.69, 9.17) is 4.74 Å². The van der Waals surface area contributed by atoms with E-state index in [-0.39, 0.29) is 5.91 Å². The van der Waals surface area contributed by atoms with Crippen LogP contribution in [0.15, 0.2) is 48.5 Å². The van der Waals surface area contributed by atoms with Gasteiger partial charge in [0.1, 0.15) is 5.75 Å². The van der Waals surface area contributed by atoms with Crippen LogP contribution in [0.1, 0.15) is 23.7 Å². The third kappa shape index (κ3) is 4.23. The summed E-state index contributed by atoms with van der Waals surface area (Å²) in [7, 11) is 0. The molecule has 104 valence electrons. The normalized spacial score (nSPS) is 10.1. The molecule has 2 rings (SSSR count). The van der Waals surface area contributed by atoms with Gasteiger partial charge in [-0.3, -0.25) is 4.79 Å². The summed E-state index contributed by atoms with van der Waals surface area (Å²) in [4.78, 5) is 12.1. The lowest BCUT2D eigenvalue weighted by molar-refractivity contribution is 0.102. The minimum absolute atomic E-state index is 0.106. The molecule has 2 aromatic rings. The van der Waals surface area contributed by atoms with Crippen LogP contribution in [-0.4, -0.2) is 12.5 Å². The van der Waals surface area contributed by atoms with Gasteiger partial charge in [-0.05, 0) is 71.5 Å². The number of carbonyl (C=O) groups excluding carboxylic acids is 1. The SMILES string of the molecule is CCCOc1ccc(NC(=O)c2cccc(I)c2)cc1. The van der Waals surface area contributed by atoms with Crippen molar-refractivity contribution in [2.45, 2.75) is 13.3 Å². The number of hydrogen-bond acceptors (Lipinski definition) is 2. The lowest BCUT2D eigenvalue weighted by atomic mass is 10.2. The number of ether oxygens (including phenoxy) is 1. The Morgan fingerprint density at radius 2 is 1.95 bits per heavy atom. The number of rotatable bonds is 5. The van der Waals surface area contributed by atoms with Crippen LogP contribution in [0.25, 0.3) is 0 Å². The van der Waals surface area contributed by atoms with E-state index in [2.05, 4.69) is 34.8 Å². The second-order valence-electron chi connectivity index (χ2n) is 4.34. The summed E-state index contributed by atoms with van der Waals surface area (Å²) in [5.74, 6) is 0.713. The van der Waals surface area contributed by atoms with Crippen molar-refractivity contribution in [1.29, 1.82) is 0 Å². The van der Waals surface area contributed by atoms with Crippen LogP contribution in [0.4, 0.5) is 5.69 Å². The van der Waals surface area contributed by atoms with Gasteiger partial charge in [-0.25, -0.2) is 0 Å². The fourth-order valence-corrected chi connectivity index (χ4v) is 2.23. The summed E-state index contributed by atoms with van der Waals surface area (Å²) in [5, 5.41) is 2.87. The molecule has 0 aliphatic heterocycles. The quantitative estimate of drug-likeness (QED) is 0.783. The fourth-order valence-electron chi connectivity index (χ4n) is 1.69. The molecule has 0 spiro atoms. The summed E-state index contributed by atoms with van der Waals surface area (Å²) < 4.78 is 6.54. The van der Waals surface area contributed by atoms with Gasteiger partial charge in [0.05, 0.1) is 6.61 Å². The van der Waals surface area contributed by atoms with Crippen LogP contribution in [0.5, 0.6) is 5.75 Å². The van der Waals surface area contributed by atoms with Crippen molar-refractivity contribution in [3.63, 3.8) is 0 Å². The largest absolute Gasteiger partial charge is 0.494 e. The van der Waals surface area contributed by atoms with Crippen LogP contribution >= 0.6 is 22.6 Å². The predicted octanol–water partition coefficient (Wildman–Crippen LogP) is 4.33. The Morgan fingerprint density at radius 1 is 1.20 bits per heavy atom. The molecule has 0 bridgehead atoms. The lowest BCUT2D eigenvalue weighted by Gasteiger charge is -2.08. The Hall–Kier alpha value is -1.56. The number of nitrogens with one attached hydrogen (secondary N) is 1. The van der Waals surface area contributed by atoms with Gasteiger partial charge >= 0.3 is 0 Å². The molecular weight excluding hydrogens is 365 g/mol. The van der Waals surface area contributed by atoms with E-state index in [1.807, 2.05) is 42.5 Å². The molecule has 0 aliphatic carbocycles. The lowest BCUT2D eigenvalue weighted by Crippen LogP contribution is -2.11. The second kappa shape index (κ2) is 7.28. The molecule has 1 amide bonds. The van der Waals surface area contributed by atoms with E-state index in [0.29, 0.717) is 12.2 Å². The Morgan fingerprint density at radius 3 is 2.60 bits per heavy atom. The van der Waals surface area contributed by atoms with Crippen molar-refractivity contribution in [3.8, 4) is 5.75 Å². The van der Waals surface area contributed by atoms with Crippen molar-refractivity contribution in [3.05, 3.63) is 57.7 Å². The first-order valence-electron chi connectivity index (χ1n) is 6.49. The molecule has 0 aliphatic rings. The number of amides is 1. The van der Waals surface area contributed by atoms with Crippen LogP contribution in [0, 0.1) is 3.57 Å². The maximum atomic E-state index is 12.1. The second-order valence-corrected chi connectivity index (χ2v) is 5.58. The monoisotopic (exact) mass is 381 g/mol. The number of halogens is 1. The molecule has 0 fully saturated rings. The third-order valence-corrected chi connectivity index (χ3v) is 3.34. The zero-order valence-corrected chi connectivity index (χ0v) is 13.4. The van der Waals surface area contributed by atoms with Gasteiger partial charge in [0.25, 0.3) is 5.91 Å². The molecule has 0 aromatic heterocycles. The van der Waals surface area contributed by atoms with Crippen molar-refractivity contribution < 1.29 is 9.53 Å². The smallest absolute Gasteiger partial charge is 0.255 e. The van der Waals surface area contributed by atoms with Gasteiger partial charge in [0.15, 0.2) is 0 Å². The first-order valence-corrected chi connectivity index (χ1v) is 7.56. The van der Waals surface area contributed by atoms with E-state index >= 15 is 0 Å². The zero-order valence-electron chi connectivity index (χ0n) is 11.2. The summed E-state index contributed by atoms with van der Waals surface area (Å²) in [6.45, 7) is 2.77. The standard InChI is InChI=1S/C16H16INO2/c1-2-10-20-15-8-6-14(7-9-15)18-16(19)12-4-3-5-13(17)11-12/h3-9,11H,2,10H2,1H3,(H,18,19). The fraction of sp³-hybridized carbons (Fsp3) is 0.188. The van der Waals surface area contributed by atoms with Crippen LogP contribution in [0.3, 0.4) is 0 Å². The Bertz CT molecular complexity index is 581. The predicted molar refractivity (Wildman–Crippen MR) is 89.3 cm³/mol.